The molecule has 0 spiro atoms. The number of carbonyl (C=O) groups excluding carboxylic acids is 2. The zero-order valence-corrected chi connectivity index (χ0v) is 20.0. The molecule has 0 radical (unpaired) electrons. The average molecular weight is 485 g/mol. The van der Waals surface area contributed by atoms with Gasteiger partial charge in [0.25, 0.3) is 0 Å². The zero-order valence-electron chi connectivity index (χ0n) is 20.0. The van der Waals surface area contributed by atoms with Crippen molar-refractivity contribution in [2.45, 2.75) is 84.3 Å². The van der Waals surface area contributed by atoms with Crippen LogP contribution in [0.3, 0.4) is 0 Å². The number of nitrogens with one attached hydrogen (secondary N) is 1. The number of rotatable bonds is 5. The molecule has 1 heterocycles. The first kappa shape index (κ1) is 27.3. The predicted octanol–water partition coefficient (Wildman–Crippen LogP) is 4.87. The van der Waals surface area contributed by atoms with Gasteiger partial charge < -0.3 is 19.5 Å². The van der Waals surface area contributed by atoms with Gasteiger partial charge in [-0.05, 0) is 78.4 Å². The Bertz CT molecular complexity index is 929. The maximum atomic E-state index is 13.6. The third kappa shape index (κ3) is 9.12. The van der Waals surface area contributed by atoms with Crippen molar-refractivity contribution in [2.75, 3.05) is 6.54 Å². The van der Waals surface area contributed by atoms with E-state index in [1.807, 2.05) is 0 Å². The monoisotopic (exact) mass is 484 g/mol. The first-order valence-corrected chi connectivity index (χ1v) is 11.2. The highest BCUT2D eigenvalue weighted by Crippen LogP contribution is 2.37. The summed E-state index contributed by atoms with van der Waals surface area (Å²) in [5, 5.41) is 2.40. The number of esters is 1. The van der Waals surface area contributed by atoms with Gasteiger partial charge in [-0.15, -0.1) is 0 Å². The Morgan fingerprint density at radius 2 is 1.91 bits per heavy atom. The molecule has 1 fully saturated rings. The molecule has 1 N–H and O–H groups in total. The summed E-state index contributed by atoms with van der Waals surface area (Å²) in [6, 6.07) is 2.50. The Labute approximate surface area is 197 Å². The molecule has 0 aromatic carbocycles. The van der Waals surface area contributed by atoms with E-state index in [2.05, 4.69) is 22.1 Å². The molecule has 10 heteroatoms. The van der Waals surface area contributed by atoms with Crippen LogP contribution in [-0.2, 0) is 20.4 Å². The van der Waals surface area contributed by atoms with Crippen LogP contribution in [0.15, 0.2) is 12.1 Å². The summed E-state index contributed by atoms with van der Waals surface area (Å²) >= 11 is 0. The molecule has 1 amide bonds. The Kier molecular flexibility index (Phi) is 9.19. The zero-order chi connectivity index (χ0) is 25.5. The largest absolute Gasteiger partial charge is 0.488 e. The minimum Gasteiger partial charge on any atom is -0.488 e. The average Bonchev–Trinajstić information content (AvgIpc) is 2.70. The molecule has 1 aromatic rings. The van der Waals surface area contributed by atoms with Crippen molar-refractivity contribution in [3.8, 4) is 17.6 Å². The summed E-state index contributed by atoms with van der Waals surface area (Å²) in [5.41, 5.74) is -1.98. The molecule has 34 heavy (non-hydrogen) atoms. The second-order valence-corrected chi connectivity index (χ2v) is 9.29. The van der Waals surface area contributed by atoms with Crippen LogP contribution in [0.25, 0.3) is 0 Å². The highest BCUT2D eigenvalue weighted by atomic mass is 19.4. The van der Waals surface area contributed by atoms with Gasteiger partial charge in [-0.3, -0.25) is 4.79 Å². The first-order valence-electron chi connectivity index (χ1n) is 11.2. The van der Waals surface area contributed by atoms with E-state index in [0.29, 0.717) is 19.3 Å². The molecule has 0 aliphatic heterocycles. The van der Waals surface area contributed by atoms with Crippen LogP contribution in [0, 0.1) is 17.8 Å². The highest BCUT2D eigenvalue weighted by molar-refractivity contribution is 5.72. The Balaban J connectivity index is 2.08. The van der Waals surface area contributed by atoms with Crippen LogP contribution < -0.4 is 10.1 Å². The van der Waals surface area contributed by atoms with Gasteiger partial charge in [-0.1, -0.05) is 5.92 Å². The third-order valence-electron chi connectivity index (χ3n) is 4.67. The smallest absolute Gasteiger partial charge is 0.437 e. The lowest BCUT2D eigenvalue weighted by molar-refractivity contribution is -0.155. The maximum Gasteiger partial charge on any atom is 0.437 e. The van der Waals surface area contributed by atoms with Crippen molar-refractivity contribution in [1.82, 2.24) is 10.3 Å². The summed E-state index contributed by atoms with van der Waals surface area (Å²) in [4.78, 5) is 27.4. The fraction of sp³-hybridized carbons (Fsp3) is 0.625. The van der Waals surface area contributed by atoms with Gasteiger partial charge in [0.2, 0.25) is 0 Å². The van der Waals surface area contributed by atoms with E-state index in [1.54, 1.807) is 34.6 Å². The maximum absolute atomic E-state index is 13.6. The van der Waals surface area contributed by atoms with Crippen LogP contribution in [-0.4, -0.2) is 41.4 Å². The normalized spacial score (nSPS) is 18.5. The summed E-state index contributed by atoms with van der Waals surface area (Å²) in [7, 11) is 0. The summed E-state index contributed by atoms with van der Waals surface area (Å²) in [6.45, 7) is 8.48. The molecule has 2 rings (SSSR count). The van der Waals surface area contributed by atoms with Gasteiger partial charge in [-0.2, -0.15) is 13.2 Å². The van der Waals surface area contributed by atoms with Crippen LogP contribution in [0.5, 0.6) is 5.75 Å². The standard InChI is InChI=1S/C24H31F3N2O5/c1-15(2)32-21(30)16-8-6-10-18(14-16)33-19-12-11-17(29-20(19)24(25,26)27)9-7-13-28-22(31)34-23(3,4)5/h11-12,15-16,18H,6,8,10,13-14H2,1-5H3,(H,28,31)/t16-,18?/m0/s1. The van der Waals surface area contributed by atoms with Crippen LogP contribution in [0.2, 0.25) is 0 Å². The predicted molar refractivity (Wildman–Crippen MR) is 118 cm³/mol. The molecule has 1 aliphatic rings. The lowest BCUT2D eigenvalue weighted by atomic mass is 9.87. The van der Waals surface area contributed by atoms with Crippen LogP contribution in [0.4, 0.5) is 18.0 Å². The number of hydrogen-bond acceptors (Lipinski definition) is 6. The quantitative estimate of drug-likeness (QED) is 0.474. The lowest BCUT2D eigenvalue weighted by Crippen LogP contribution is -2.32. The van der Waals surface area contributed by atoms with E-state index in [4.69, 9.17) is 14.2 Å². The number of alkyl carbamates (subject to hydrolysis) is 1. The molecule has 1 aliphatic carbocycles. The van der Waals surface area contributed by atoms with Crippen molar-refractivity contribution < 1.29 is 37.0 Å². The second-order valence-electron chi connectivity index (χ2n) is 9.29. The van der Waals surface area contributed by atoms with E-state index in [1.165, 1.54) is 12.1 Å². The summed E-state index contributed by atoms with van der Waals surface area (Å²) < 4.78 is 56.9. The van der Waals surface area contributed by atoms with Gasteiger partial charge >= 0.3 is 18.2 Å². The number of nitrogens with zero attached hydrogens (tertiary/aromatic N) is 1. The van der Waals surface area contributed by atoms with E-state index in [0.717, 1.165) is 0 Å². The van der Waals surface area contributed by atoms with Crippen molar-refractivity contribution in [2.24, 2.45) is 5.92 Å². The van der Waals surface area contributed by atoms with Gasteiger partial charge in [-0.25, -0.2) is 9.78 Å². The van der Waals surface area contributed by atoms with E-state index < -0.39 is 41.3 Å². The van der Waals surface area contributed by atoms with Gasteiger partial charge in [0, 0.05) is 0 Å². The molecule has 1 unspecified atom stereocenters. The molecule has 1 aromatic heterocycles. The van der Waals surface area contributed by atoms with Gasteiger partial charge in [0.05, 0.1) is 24.7 Å². The number of alkyl halides is 3. The number of halogens is 3. The number of carbonyl (C=O) groups is 2. The van der Waals surface area contributed by atoms with Crippen LogP contribution in [0.1, 0.15) is 71.7 Å². The Morgan fingerprint density at radius 1 is 1.21 bits per heavy atom. The summed E-state index contributed by atoms with van der Waals surface area (Å²) in [6.07, 6.45) is -4.20. The SMILES string of the molecule is CC(C)OC(=O)[C@H]1CCCC(Oc2ccc(C#CCNC(=O)OC(C)(C)C)nc2C(F)(F)F)C1. The van der Waals surface area contributed by atoms with Crippen molar-refractivity contribution in [3.63, 3.8) is 0 Å². The van der Waals surface area contributed by atoms with Crippen molar-refractivity contribution in [3.05, 3.63) is 23.5 Å². The number of aromatic nitrogens is 1. The van der Waals surface area contributed by atoms with E-state index in [9.17, 15) is 22.8 Å². The van der Waals surface area contributed by atoms with Crippen molar-refractivity contribution in [1.29, 1.82) is 0 Å². The van der Waals surface area contributed by atoms with Gasteiger partial charge in [0.15, 0.2) is 11.4 Å². The van der Waals surface area contributed by atoms with Gasteiger partial charge in [0.1, 0.15) is 11.3 Å². The van der Waals surface area contributed by atoms with Crippen LogP contribution >= 0.6 is 0 Å². The van der Waals surface area contributed by atoms with Crippen molar-refractivity contribution >= 4 is 12.1 Å². The fourth-order valence-electron chi connectivity index (χ4n) is 3.35. The minimum absolute atomic E-state index is 0.118. The lowest BCUT2D eigenvalue weighted by Gasteiger charge is -2.29. The molecule has 0 bridgehead atoms. The topological polar surface area (TPSA) is 86.8 Å². The molecule has 1 saturated carbocycles. The third-order valence-corrected chi connectivity index (χ3v) is 4.67. The summed E-state index contributed by atoms with van der Waals surface area (Å²) in [5.74, 6) is 3.87. The molecule has 2 atom stereocenters. The fourth-order valence-corrected chi connectivity index (χ4v) is 3.35. The second kappa shape index (κ2) is 11.4. The number of pyridine rings is 1. The number of ether oxygens (including phenoxy) is 3. The Hall–Kier alpha value is -2.96. The van der Waals surface area contributed by atoms with E-state index in [-0.39, 0.29) is 30.7 Å². The molecular weight excluding hydrogens is 453 g/mol. The number of hydrogen-bond donors (Lipinski definition) is 1. The molecule has 0 saturated heterocycles. The molecule has 7 nitrogen and oxygen atoms in total. The molecule has 188 valence electrons. The highest BCUT2D eigenvalue weighted by Gasteiger charge is 2.38. The minimum atomic E-state index is -4.76. The Morgan fingerprint density at radius 3 is 2.53 bits per heavy atom. The molecular formula is C24H31F3N2O5. The van der Waals surface area contributed by atoms with E-state index >= 15 is 0 Å². The first-order chi connectivity index (χ1) is 15.7. The number of amides is 1.